The van der Waals surface area contributed by atoms with E-state index < -0.39 is 5.97 Å². The first-order chi connectivity index (χ1) is 12.2. The van der Waals surface area contributed by atoms with Crippen molar-refractivity contribution < 1.29 is 19.7 Å². The van der Waals surface area contributed by atoms with E-state index in [1.54, 1.807) is 13.1 Å². The summed E-state index contributed by atoms with van der Waals surface area (Å²) in [6.45, 7) is 6.45. The fourth-order valence-electron chi connectivity index (χ4n) is 3.33. The van der Waals surface area contributed by atoms with Crippen LogP contribution in [-0.2, 0) is 19.1 Å². The zero-order valence-corrected chi connectivity index (χ0v) is 15.4. The molecule has 136 valence electrons. The van der Waals surface area contributed by atoms with Crippen LogP contribution in [-0.4, -0.2) is 20.7 Å². The first-order valence-electron chi connectivity index (χ1n) is 8.46. The average molecular weight is 353 g/mol. The van der Waals surface area contributed by atoms with E-state index in [1.165, 1.54) is 4.57 Å². The maximum Gasteiger partial charge on any atom is 0.356 e. The lowest BCUT2D eigenvalue weighted by molar-refractivity contribution is 0.0683. The lowest BCUT2D eigenvalue weighted by Crippen LogP contribution is -2.14. The van der Waals surface area contributed by atoms with Crippen LogP contribution in [0.15, 0.2) is 42.5 Å². The molecule has 0 saturated heterocycles. The van der Waals surface area contributed by atoms with Gasteiger partial charge in [-0.05, 0) is 23.1 Å². The van der Waals surface area contributed by atoms with Gasteiger partial charge in [-0.15, -0.1) is 0 Å². The van der Waals surface area contributed by atoms with Crippen LogP contribution in [0.2, 0.25) is 0 Å². The highest BCUT2D eigenvalue weighted by atomic mass is 16.5. The van der Waals surface area contributed by atoms with Crippen molar-refractivity contribution in [3.8, 4) is 11.5 Å². The maximum absolute atomic E-state index is 11.6. The summed E-state index contributed by atoms with van der Waals surface area (Å²) >= 11 is 0. The number of hydrogen-bond donors (Lipinski definition) is 2. The van der Waals surface area contributed by atoms with Crippen LogP contribution in [0.3, 0.4) is 0 Å². The molecule has 26 heavy (non-hydrogen) atoms. The zero-order chi connectivity index (χ0) is 19.1. The van der Waals surface area contributed by atoms with Crippen molar-refractivity contribution in [3.63, 3.8) is 0 Å². The standard InChI is InChI=1S/C21H23NO4/c1-21(2,3)17-15(26-12-13-8-6-5-7-9-13)11-10-14-16(17)19(23)18(20(24)25)22(14)4/h5-11,23H,12H2,1-4H3,(H,24,25). The van der Waals surface area contributed by atoms with Crippen LogP contribution in [0.5, 0.6) is 11.5 Å². The molecule has 2 N–H and O–H groups in total. The fourth-order valence-corrected chi connectivity index (χ4v) is 3.33. The lowest BCUT2D eigenvalue weighted by atomic mass is 9.83. The molecule has 0 saturated carbocycles. The smallest absolute Gasteiger partial charge is 0.356 e. The van der Waals surface area contributed by atoms with E-state index in [0.29, 0.717) is 23.3 Å². The number of hydrogen-bond acceptors (Lipinski definition) is 3. The molecule has 0 aliphatic carbocycles. The van der Waals surface area contributed by atoms with Crippen LogP contribution >= 0.6 is 0 Å². The molecule has 0 unspecified atom stereocenters. The van der Waals surface area contributed by atoms with Crippen molar-refractivity contribution >= 4 is 16.9 Å². The Bertz CT molecular complexity index is 965. The van der Waals surface area contributed by atoms with Crippen LogP contribution in [0.4, 0.5) is 0 Å². The molecule has 0 amide bonds. The SMILES string of the molecule is Cn1c(C(=O)O)c(O)c2c(C(C)(C)C)c(OCc3ccccc3)ccc21. The molecule has 1 aromatic heterocycles. The highest BCUT2D eigenvalue weighted by Crippen LogP contribution is 2.44. The number of aromatic carboxylic acids is 1. The van der Waals surface area contributed by atoms with Gasteiger partial charge >= 0.3 is 5.97 Å². The number of nitrogens with zero attached hydrogens (tertiary/aromatic N) is 1. The van der Waals surface area contributed by atoms with Crippen LogP contribution in [0.25, 0.3) is 10.9 Å². The summed E-state index contributed by atoms with van der Waals surface area (Å²) in [5, 5.41) is 20.6. The van der Waals surface area contributed by atoms with Crippen molar-refractivity contribution in [2.24, 2.45) is 7.05 Å². The van der Waals surface area contributed by atoms with Crippen LogP contribution in [0.1, 0.15) is 42.4 Å². The third-order valence-corrected chi connectivity index (χ3v) is 4.49. The van der Waals surface area contributed by atoms with Gasteiger partial charge in [0.2, 0.25) is 0 Å². The molecular formula is C21H23NO4. The number of aryl methyl sites for hydroxylation is 1. The van der Waals surface area contributed by atoms with Crippen molar-refractivity contribution in [2.75, 3.05) is 0 Å². The van der Waals surface area contributed by atoms with E-state index in [1.807, 2.05) is 57.2 Å². The number of aromatic hydroxyl groups is 1. The average Bonchev–Trinajstić information content (AvgIpc) is 2.83. The Labute approximate surface area is 152 Å². The van der Waals surface area contributed by atoms with E-state index in [-0.39, 0.29) is 16.9 Å². The quantitative estimate of drug-likeness (QED) is 0.726. The summed E-state index contributed by atoms with van der Waals surface area (Å²) in [5.41, 5.74) is 2.03. The van der Waals surface area contributed by atoms with Gasteiger partial charge in [0.15, 0.2) is 11.4 Å². The Morgan fingerprint density at radius 1 is 1.12 bits per heavy atom. The fraction of sp³-hybridized carbons (Fsp3) is 0.286. The Balaban J connectivity index is 2.18. The number of ether oxygens (including phenoxy) is 1. The highest BCUT2D eigenvalue weighted by molar-refractivity contribution is 6.03. The lowest BCUT2D eigenvalue weighted by Gasteiger charge is -2.24. The van der Waals surface area contributed by atoms with Gasteiger partial charge in [0, 0.05) is 18.0 Å². The van der Waals surface area contributed by atoms with E-state index in [9.17, 15) is 15.0 Å². The second-order valence-electron chi connectivity index (χ2n) is 7.42. The molecule has 3 aromatic rings. The summed E-state index contributed by atoms with van der Waals surface area (Å²) in [6, 6.07) is 13.5. The summed E-state index contributed by atoms with van der Waals surface area (Å²) in [5.74, 6) is -0.732. The van der Waals surface area contributed by atoms with Gasteiger partial charge < -0.3 is 19.5 Å². The van der Waals surface area contributed by atoms with Gasteiger partial charge in [-0.3, -0.25) is 0 Å². The first-order valence-corrected chi connectivity index (χ1v) is 8.46. The molecule has 2 aromatic carbocycles. The Morgan fingerprint density at radius 3 is 2.35 bits per heavy atom. The maximum atomic E-state index is 11.6. The predicted octanol–water partition coefficient (Wildman–Crippen LogP) is 4.46. The summed E-state index contributed by atoms with van der Waals surface area (Å²) in [4.78, 5) is 11.6. The Hall–Kier alpha value is -2.95. The number of aromatic nitrogens is 1. The predicted molar refractivity (Wildman–Crippen MR) is 101 cm³/mol. The first kappa shape index (κ1) is 17.9. The minimum atomic E-state index is -1.16. The largest absolute Gasteiger partial charge is 0.505 e. The van der Waals surface area contributed by atoms with Crippen molar-refractivity contribution in [1.82, 2.24) is 4.57 Å². The van der Waals surface area contributed by atoms with Gasteiger partial charge in [0.05, 0.1) is 5.52 Å². The molecule has 1 heterocycles. The topological polar surface area (TPSA) is 71.7 Å². The van der Waals surface area contributed by atoms with E-state index in [2.05, 4.69) is 0 Å². The third kappa shape index (κ3) is 3.01. The molecule has 0 atom stereocenters. The second-order valence-corrected chi connectivity index (χ2v) is 7.42. The number of fused-ring (bicyclic) bond motifs is 1. The van der Waals surface area contributed by atoms with Crippen molar-refractivity contribution in [1.29, 1.82) is 0 Å². The van der Waals surface area contributed by atoms with Gasteiger partial charge in [-0.2, -0.15) is 0 Å². The number of carboxylic acids is 1. The van der Waals surface area contributed by atoms with Gasteiger partial charge in [0.25, 0.3) is 0 Å². The molecule has 0 spiro atoms. The van der Waals surface area contributed by atoms with Gasteiger partial charge in [-0.1, -0.05) is 51.1 Å². The molecule has 0 aliphatic heterocycles. The van der Waals surface area contributed by atoms with E-state index >= 15 is 0 Å². The summed E-state index contributed by atoms with van der Waals surface area (Å²) in [6.07, 6.45) is 0. The van der Waals surface area contributed by atoms with E-state index in [0.717, 1.165) is 11.1 Å². The minimum Gasteiger partial charge on any atom is -0.505 e. The highest BCUT2D eigenvalue weighted by Gasteiger charge is 2.29. The number of carboxylic acid groups (broad SMARTS) is 1. The molecular weight excluding hydrogens is 330 g/mol. The molecule has 0 fully saturated rings. The Kier molecular flexibility index (Phi) is 4.40. The normalized spacial score (nSPS) is 11.7. The van der Waals surface area contributed by atoms with Crippen LogP contribution < -0.4 is 4.74 Å². The number of carbonyl (C=O) groups is 1. The Morgan fingerprint density at radius 2 is 1.77 bits per heavy atom. The summed E-state index contributed by atoms with van der Waals surface area (Å²) < 4.78 is 7.56. The molecule has 5 heteroatoms. The van der Waals surface area contributed by atoms with Gasteiger partial charge in [-0.25, -0.2) is 4.79 Å². The number of benzene rings is 2. The van der Waals surface area contributed by atoms with Gasteiger partial charge in [0.1, 0.15) is 12.4 Å². The van der Waals surface area contributed by atoms with Crippen molar-refractivity contribution in [3.05, 3.63) is 59.3 Å². The van der Waals surface area contributed by atoms with E-state index in [4.69, 9.17) is 4.74 Å². The second kappa shape index (κ2) is 6.41. The van der Waals surface area contributed by atoms with Crippen LogP contribution in [0, 0.1) is 0 Å². The summed E-state index contributed by atoms with van der Waals surface area (Å²) in [7, 11) is 1.64. The third-order valence-electron chi connectivity index (χ3n) is 4.49. The molecule has 5 nitrogen and oxygen atoms in total. The molecule has 0 aliphatic rings. The molecule has 0 bridgehead atoms. The molecule has 0 radical (unpaired) electrons. The van der Waals surface area contributed by atoms with Crippen molar-refractivity contribution in [2.45, 2.75) is 32.8 Å². The number of rotatable bonds is 4. The monoisotopic (exact) mass is 353 g/mol. The minimum absolute atomic E-state index is 0.120. The zero-order valence-electron chi connectivity index (χ0n) is 15.4. The molecule has 3 rings (SSSR count).